The molecule has 0 unspecified atom stereocenters. The van der Waals surface area contributed by atoms with E-state index < -0.39 is 10.0 Å². The first-order chi connectivity index (χ1) is 11.0. The largest absolute Gasteiger partial charge is 0.508 e. The molecule has 2 aromatic carbocycles. The number of sulfonamides is 1. The molecule has 0 bridgehead atoms. The molecule has 0 fully saturated rings. The van der Waals surface area contributed by atoms with E-state index in [4.69, 9.17) is 0 Å². The van der Waals surface area contributed by atoms with Crippen molar-refractivity contribution in [3.05, 3.63) is 53.1 Å². The van der Waals surface area contributed by atoms with E-state index in [0.29, 0.717) is 11.2 Å². The van der Waals surface area contributed by atoms with Gasteiger partial charge in [0, 0.05) is 10.9 Å². The van der Waals surface area contributed by atoms with Crippen LogP contribution in [0.15, 0.2) is 52.7 Å². The number of rotatable bonds is 5. The number of benzene rings is 2. The first-order valence-corrected chi connectivity index (χ1v) is 8.05. The van der Waals surface area contributed by atoms with Crippen molar-refractivity contribution in [2.75, 3.05) is 4.72 Å². The van der Waals surface area contributed by atoms with Gasteiger partial charge in [-0.25, -0.2) is 8.42 Å². The van der Waals surface area contributed by atoms with Crippen molar-refractivity contribution >= 4 is 26.6 Å². The molecule has 0 aliphatic rings. The van der Waals surface area contributed by atoms with Gasteiger partial charge in [0.1, 0.15) is 12.3 Å². The van der Waals surface area contributed by atoms with Crippen LogP contribution in [0.1, 0.15) is 5.56 Å². The Bertz CT molecular complexity index is 981. The van der Waals surface area contributed by atoms with Crippen LogP contribution in [0, 0.1) is 4.91 Å². The van der Waals surface area contributed by atoms with Gasteiger partial charge in [0.2, 0.25) is 0 Å². The summed E-state index contributed by atoms with van der Waals surface area (Å²) in [5.74, 6) is -0.178. The van der Waals surface area contributed by atoms with Crippen molar-refractivity contribution in [1.29, 1.82) is 0 Å². The van der Waals surface area contributed by atoms with E-state index in [2.05, 4.69) is 20.1 Å². The number of H-pyrrole nitrogens is 1. The first kappa shape index (κ1) is 15.0. The minimum atomic E-state index is -3.86. The van der Waals surface area contributed by atoms with Crippen LogP contribution in [0.5, 0.6) is 5.75 Å². The first-order valence-electron chi connectivity index (χ1n) is 6.56. The number of nitroso groups, excluding NO2 is 1. The molecule has 118 valence electrons. The molecule has 0 saturated heterocycles. The van der Waals surface area contributed by atoms with Crippen molar-refractivity contribution in [2.24, 2.45) is 5.18 Å². The highest BCUT2D eigenvalue weighted by atomic mass is 32.2. The third kappa shape index (κ3) is 2.99. The monoisotopic (exact) mass is 332 g/mol. The molecular weight excluding hydrogens is 320 g/mol. The minimum absolute atomic E-state index is 0.0707. The zero-order valence-electron chi connectivity index (χ0n) is 11.7. The predicted molar refractivity (Wildman–Crippen MR) is 84.5 cm³/mol. The van der Waals surface area contributed by atoms with Gasteiger partial charge in [0.05, 0.1) is 22.3 Å². The predicted octanol–water partition coefficient (Wildman–Crippen LogP) is 2.34. The summed E-state index contributed by atoms with van der Waals surface area (Å²) < 4.78 is 27.3. The third-order valence-electron chi connectivity index (χ3n) is 3.29. The van der Waals surface area contributed by atoms with Crippen molar-refractivity contribution in [2.45, 2.75) is 11.4 Å². The second kappa shape index (κ2) is 5.69. The summed E-state index contributed by atoms with van der Waals surface area (Å²) in [4.78, 5) is 10.3. The molecule has 1 aromatic heterocycles. The number of nitrogens with one attached hydrogen (secondary N) is 2. The van der Waals surface area contributed by atoms with Crippen LogP contribution in [-0.2, 0) is 16.6 Å². The molecule has 23 heavy (non-hydrogen) atoms. The van der Waals surface area contributed by atoms with Gasteiger partial charge < -0.3 is 5.11 Å². The summed E-state index contributed by atoms with van der Waals surface area (Å²) >= 11 is 0. The smallest absolute Gasteiger partial charge is 0.261 e. The van der Waals surface area contributed by atoms with Crippen molar-refractivity contribution in [1.82, 2.24) is 10.2 Å². The Morgan fingerprint density at radius 3 is 2.83 bits per heavy atom. The van der Waals surface area contributed by atoms with E-state index in [1.165, 1.54) is 18.2 Å². The van der Waals surface area contributed by atoms with Gasteiger partial charge in [-0.05, 0) is 36.4 Å². The average molecular weight is 332 g/mol. The molecule has 3 N–H and O–H groups in total. The number of aromatic amines is 1. The highest BCUT2D eigenvalue weighted by Gasteiger charge is 2.16. The topological polar surface area (TPSA) is 125 Å². The molecule has 3 aromatic rings. The van der Waals surface area contributed by atoms with E-state index >= 15 is 0 Å². The lowest BCUT2D eigenvalue weighted by atomic mass is 10.2. The molecule has 0 radical (unpaired) electrons. The molecule has 0 spiro atoms. The molecule has 0 amide bonds. The zero-order chi connectivity index (χ0) is 16.4. The Hall–Kier alpha value is -2.94. The second-order valence-electron chi connectivity index (χ2n) is 4.86. The fourth-order valence-electron chi connectivity index (χ4n) is 2.14. The van der Waals surface area contributed by atoms with E-state index in [0.717, 1.165) is 5.39 Å². The van der Waals surface area contributed by atoms with E-state index in [-0.39, 0.29) is 22.8 Å². The van der Waals surface area contributed by atoms with Gasteiger partial charge in [-0.1, -0.05) is 5.18 Å². The number of hydrogen-bond acceptors (Lipinski definition) is 6. The van der Waals surface area contributed by atoms with Crippen LogP contribution >= 0.6 is 0 Å². The maximum atomic E-state index is 12.4. The van der Waals surface area contributed by atoms with E-state index in [9.17, 15) is 18.4 Å². The van der Waals surface area contributed by atoms with Crippen LogP contribution in [0.3, 0.4) is 0 Å². The standard InChI is InChI=1S/C14H12N4O4S/c19-14-4-3-12(5-10(14)8-16-20)23(21,22)18-11-2-1-9-7-15-17-13(9)6-11/h1-7,18-19H,8H2,(H,15,17). The normalized spacial score (nSPS) is 11.5. The number of anilines is 1. The number of phenolic OH excluding ortho intramolecular Hbond substituents is 1. The van der Waals surface area contributed by atoms with Gasteiger partial charge in [-0.15, -0.1) is 0 Å². The number of fused-ring (bicyclic) bond motifs is 1. The number of phenols is 1. The Morgan fingerprint density at radius 1 is 1.22 bits per heavy atom. The minimum Gasteiger partial charge on any atom is -0.508 e. The lowest BCUT2D eigenvalue weighted by molar-refractivity contribution is 0.467. The molecule has 0 saturated carbocycles. The SMILES string of the molecule is O=NCc1cc(S(=O)(=O)Nc2ccc3cn[nH]c3c2)ccc1O. The summed E-state index contributed by atoms with van der Waals surface area (Å²) in [6.07, 6.45) is 1.63. The summed E-state index contributed by atoms with van der Waals surface area (Å²) in [5, 5.41) is 19.7. The van der Waals surface area contributed by atoms with E-state index in [1.54, 1.807) is 24.4 Å². The zero-order valence-corrected chi connectivity index (χ0v) is 12.5. The van der Waals surface area contributed by atoms with Crippen LogP contribution in [0.25, 0.3) is 10.9 Å². The third-order valence-corrected chi connectivity index (χ3v) is 4.67. The maximum absolute atomic E-state index is 12.4. The molecule has 1 heterocycles. The Kier molecular flexibility index (Phi) is 3.70. The van der Waals surface area contributed by atoms with Gasteiger partial charge in [-0.2, -0.15) is 10.0 Å². The lowest BCUT2D eigenvalue weighted by Crippen LogP contribution is -2.13. The molecule has 3 rings (SSSR count). The summed E-state index contributed by atoms with van der Waals surface area (Å²) in [7, 11) is -3.86. The Labute approximate surface area is 131 Å². The lowest BCUT2D eigenvalue weighted by Gasteiger charge is -2.09. The van der Waals surface area contributed by atoms with Gasteiger partial charge in [0.15, 0.2) is 0 Å². The average Bonchev–Trinajstić information content (AvgIpc) is 2.96. The number of aromatic hydroxyl groups is 1. The second-order valence-corrected chi connectivity index (χ2v) is 6.54. The number of nitrogens with zero attached hydrogens (tertiary/aromatic N) is 2. The number of aromatic nitrogens is 2. The highest BCUT2D eigenvalue weighted by molar-refractivity contribution is 7.92. The summed E-state index contributed by atoms with van der Waals surface area (Å²) in [6, 6.07) is 8.65. The van der Waals surface area contributed by atoms with E-state index in [1.807, 2.05) is 0 Å². The quantitative estimate of drug-likeness (QED) is 0.618. The molecule has 0 aliphatic heterocycles. The summed E-state index contributed by atoms with van der Waals surface area (Å²) in [5.41, 5.74) is 1.21. The van der Waals surface area contributed by atoms with Gasteiger partial charge in [0.25, 0.3) is 10.0 Å². The molecule has 0 atom stereocenters. The van der Waals surface area contributed by atoms with Crippen LogP contribution < -0.4 is 4.72 Å². The molecule has 8 nitrogen and oxygen atoms in total. The van der Waals surface area contributed by atoms with Crippen molar-refractivity contribution < 1.29 is 13.5 Å². The van der Waals surface area contributed by atoms with Crippen molar-refractivity contribution in [3.63, 3.8) is 0 Å². The maximum Gasteiger partial charge on any atom is 0.261 e. The van der Waals surface area contributed by atoms with Gasteiger partial charge in [-0.3, -0.25) is 9.82 Å². The fourth-order valence-corrected chi connectivity index (χ4v) is 3.24. The van der Waals surface area contributed by atoms with Crippen LogP contribution in [-0.4, -0.2) is 23.7 Å². The van der Waals surface area contributed by atoms with Crippen LogP contribution in [0.2, 0.25) is 0 Å². The Morgan fingerprint density at radius 2 is 2.04 bits per heavy atom. The van der Waals surface area contributed by atoms with Gasteiger partial charge >= 0.3 is 0 Å². The fraction of sp³-hybridized carbons (Fsp3) is 0.0714. The highest BCUT2D eigenvalue weighted by Crippen LogP contribution is 2.24. The molecule has 9 heteroatoms. The molecule has 0 aliphatic carbocycles. The number of hydrogen-bond donors (Lipinski definition) is 3. The Balaban J connectivity index is 1.94. The van der Waals surface area contributed by atoms with Crippen LogP contribution in [0.4, 0.5) is 5.69 Å². The molecular formula is C14H12N4O4S. The summed E-state index contributed by atoms with van der Waals surface area (Å²) in [6.45, 7) is -0.310. The van der Waals surface area contributed by atoms with Crippen molar-refractivity contribution in [3.8, 4) is 5.75 Å².